The Morgan fingerprint density at radius 1 is 1.26 bits per heavy atom. The van der Waals surface area contributed by atoms with Crippen molar-refractivity contribution in [2.75, 3.05) is 6.61 Å². The molecule has 1 unspecified atom stereocenters. The van der Waals surface area contributed by atoms with Crippen LogP contribution in [0, 0.1) is 0 Å². The third-order valence-corrected chi connectivity index (χ3v) is 6.03. The molecule has 4 nitrogen and oxygen atoms in total. The SMILES string of the molecule is C=C(C)CCCC(C)c1cc2c(=O)oc(OCCCCCCCC)nc2s1. The van der Waals surface area contributed by atoms with Crippen LogP contribution in [0.5, 0.6) is 6.08 Å². The second-order valence-corrected chi connectivity index (χ2v) is 8.56. The Morgan fingerprint density at radius 3 is 2.74 bits per heavy atom. The number of allylic oxidation sites excluding steroid dienone is 1. The highest BCUT2D eigenvalue weighted by Gasteiger charge is 2.15. The third-order valence-electron chi connectivity index (χ3n) is 4.77. The molecular weight excluding hydrogens is 358 g/mol. The summed E-state index contributed by atoms with van der Waals surface area (Å²) in [5.74, 6) is 0.399. The Morgan fingerprint density at radius 2 is 2.00 bits per heavy atom. The van der Waals surface area contributed by atoms with Crippen LogP contribution < -0.4 is 10.4 Å². The molecule has 0 radical (unpaired) electrons. The first-order valence-electron chi connectivity index (χ1n) is 10.2. The van der Waals surface area contributed by atoms with Gasteiger partial charge in [-0.05, 0) is 44.6 Å². The standard InChI is InChI=1S/C22H33NO3S/c1-5-6-7-8-9-10-14-25-22-23-20-18(21(24)26-22)15-19(27-20)17(4)13-11-12-16(2)3/h15,17H,2,5-14H2,1,3-4H3. The van der Waals surface area contributed by atoms with Gasteiger partial charge < -0.3 is 9.15 Å². The molecule has 2 heterocycles. The number of aromatic nitrogens is 1. The fraction of sp³-hybridized carbons (Fsp3) is 0.636. The summed E-state index contributed by atoms with van der Waals surface area (Å²) in [6.07, 6.45) is 10.5. The summed E-state index contributed by atoms with van der Waals surface area (Å²) in [6, 6.07) is 1.93. The molecule has 0 aliphatic rings. The zero-order valence-electron chi connectivity index (χ0n) is 17.0. The number of unbranched alkanes of at least 4 members (excludes halogenated alkanes) is 5. The molecule has 150 valence electrons. The normalized spacial score (nSPS) is 12.4. The van der Waals surface area contributed by atoms with E-state index in [-0.39, 0.29) is 11.7 Å². The lowest BCUT2D eigenvalue weighted by Crippen LogP contribution is -2.05. The van der Waals surface area contributed by atoms with Crippen LogP contribution >= 0.6 is 11.3 Å². The summed E-state index contributed by atoms with van der Waals surface area (Å²) in [4.78, 5) is 18.6. The number of nitrogens with zero attached hydrogens (tertiary/aromatic N) is 1. The fourth-order valence-electron chi connectivity index (χ4n) is 3.07. The maximum atomic E-state index is 12.3. The average Bonchev–Trinajstić information content (AvgIpc) is 3.05. The third kappa shape index (κ3) is 7.13. The Bertz CT molecular complexity index is 777. The summed E-state index contributed by atoms with van der Waals surface area (Å²) >= 11 is 1.57. The molecule has 0 saturated heterocycles. The first-order chi connectivity index (χ1) is 13.0. The quantitative estimate of drug-likeness (QED) is 0.277. The van der Waals surface area contributed by atoms with Gasteiger partial charge in [0.05, 0.1) is 12.0 Å². The number of hydrogen-bond donors (Lipinski definition) is 0. The second kappa shape index (κ2) is 11.3. The highest BCUT2D eigenvalue weighted by Crippen LogP contribution is 2.32. The van der Waals surface area contributed by atoms with Crippen molar-refractivity contribution in [1.82, 2.24) is 4.98 Å². The van der Waals surface area contributed by atoms with E-state index in [2.05, 4.69) is 32.3 Å². The summed E-state index contributed by atoms with van der Waals surface area (Å²) in [5, 5.41) is 0.564. The van der Waals surface area contributed by atoms with Crippen LogP contribution in [0.2, 0.25) is 0 Å². The largest absolute Gasteiger partial charge is 0.450 e. The molecule has 0 N–H and O–H groups in total. The molecule has 1 atom stereocenters. The van der Waals surface area contributed by atoms with Gasteiger partial charge in [-0.1, -0.05) is 51.5 Å². The van der Waals surface area contributed by atoms with Crippen LogP contribution in [0.1, 0.15) is 89.4 Å². The highest BCUT2D eigenvalue weighted by molar-refractivity contribution is 7.18. The van der Waals surface area contributed by atoms with Gasteiger partial charge in [0.2, 0.25) is 0 Å². The van der Waals surface area contributed by atoms with Gasteiger partial charge in [0, 0.05) is 4.88 Å². The molecule has 0 amide bonds. The van der Waals surface area contributed by atoms with E-state index < -0.39 is 0 Å². The van der Waals surface area contributed by atoms with E-state index in [1.165, 1.54) is 36.1 Å². The Hall–Kier alpha value is -1.62. The molecule has 0 aliphatic heterocycles. The predicted molar refractivity (Wildman–Crippen MR) is 114 cm³/mol. The zero-order chi connectivity index (χ0) is 19.6. The maximum Gasteiger partial charge on any atom is 0.397 e. The molecule has 5 heteroatoms. The molecule has 2 aromatic rings. The molecule has 2 rings (SSSR count). The van der Waals surface area contributed by atoms with Crippen LogP contribution in [0.4, 0.5) is 0 Å². The number of thiophene rings is 1. The average molecular weight is 392 g/mol. The van der Waals surface area contributed by atoms with E-state index in [9.17, 15) is 4.79 Å². The van der Waals surface area contributed by atoms with Gasteiger partial charge in [-0.25, -0.2) is 4.79 Å². The molecule has 0 fully saturated rings. The molecule has 0 saturated carbocycles. The lowest BCUT2D eigenvalue weighted by atomic mass is 10.0. The van der Waals surface area contributed by atoms with E-state index in [0.29, 0.717) is 22.7 Å². The predicted octanol–water partition coefficient (Wildman–Crippen LogP) is 6.84. The maximum absolute atomic E-state index is 12.3. The number of ether oxygens (including phenoxy) is 1. The molecule has 0 aromatic carbocycles. The van der Waals surface area contributed by atoms with Crippen LogP contribution in [0.15, 0.2) is 27.4 Å². The van der Waals surface area contributed by atoms with Gasteiger partial charge in [0.25, 0.3) is 0 Å². The number of hydrogen-bond acceptors (Lipinski definition) is 5. The lowest BCUT2D eigenvalue weighted by Gasteiger charge is -2.08. The van der Waals surface area contributed by atoms with E-state index in [1.54, 1.807) is 11.3 Å². The monoisotopic (exact) mass is 391 g/mol. The summed E-state index contributed by atoms with van der Waals surface area (Å²) < 4.78 is 10.8. The van der Waals surface area contributed by atoms with Gasteiger partial charge in [0.15, 0.2) is 0 Å². The number of rotatable bonds is 13. The minimum Gasteiger partial charge on any atom is -0.450 e. The van der Waals surface area contributed by atoms with Crippen molar-refractivity contribution >= 4 is 21.6 Å². The summed E-state index contributed by atoms with van der Waals surface area (Å²) in [5.41, 5.74) is 0.864. The Balaban J connectivity index is 1.91. The van der Waals surface area contributed by atoms with Crippen molar-refractivity contribution in [3.8, 4) is 6.08 Å². The number of fused-ring (bicyclic) bond motifs is 1. The van der Waals surface area contributed by atoms with E-state index in [4.69, 9.17) is 9.15 Å². The van der Waals surface area contributed by atoms with E-state index >= 15 is 0 Å². The topological polar surface area (TPSA) is 52.3 Å². The highest BCUT2D eigenvalue weighted by atomic mass is 32.1. The Labute approximate surface area is 166 Å². The van der Waals surface area contributed by atoms with Crippen molar-refractivity contribution in [3.05, 3.63) is 33.5 Å². The van der Waals surface area contributed by atoms with Crippen molar-refractivity contribution in [2.45, 2.75) is 84.5 Å². The summed E-state index contributed by atoms with van der Waals surface area (Å²) in [6.45, 7) is 11.0. The van der Waals surface area contributed by atoms with Crippen molar-refractivity contribution < 1.29 is 9.15 Å². The fourth-order valence-corrected chi connectivity index (χ4v) is 4.16. The minimum atomic E-state index is -0.352. The van der Waals surface area contributed by atoms with Crippen LogP contribution in [-0.2, 0) is 0 Å². The van der Waals surface area contributed by atoms with Crippen molar-refractivity contribution in [1.29, 1.82) is 0 Å². The van der Waals surface area contributed by atoms with Gasteiger partial charge >= 0.3 is 11.7 Å². The first-order valence-corrected chi connectivity index (χ1v) is 11.0. The van der Waals surface area contributed by atoms with Crippen molar-refractivity contribution in [2.24, 2.45) is 0 Å². The van der Waals surface area contributed by atoms with Crippen molar-refractivity contribution in [3.63, 3.8) is 0 Å². The molecule has 27 heavy (non-hydrogen) atoms. The van der Waals surface area contributed by atoms with Gasteiger partial charge in [0.1, 0.15) is 4.83 Å². The van der Waals surface area contributed by atoms with Gasteiger partial charge in [-0.3, -0.25) is 0 Å². The minimum absolute atomic E-state index is 0.101. The molecule has 2 aromatic heterocycles. The molecular formula is C22H33NO3S. The zero-order valence-corrected chi connectivity index (χ0v) is 17.8. The van der Waals surface area contributed by atoms with Crippen LogP contribution in [-0.4, -0.2) is 11.6 Å². The first kappa shape index (κ1) is 21.7. The van der Waals surface area contributed by atoms with Crippen LogP contribution in [0.3, 0.4) is 0 Å². The Kier molecular flexibility index (Phi) is 9.05. The van der Waals surface area contributed by atoms with Gasteiger partial charge in [-0.15, -0.1) is 17.9 Å². The van der Waals surface area contributed by atoms with E-state index in [0.717, 1.165) is 32.1 Å². The smallest absolute Gasteiger partial charge is 0.397 e. The molecule has 0 aliphatic carbocycles. The van der Waals surface area contributed by atoms with Gasteiger partial charge in [-0.2, -0.15) is 4.98 Å². The van der Waals surface area contributed by atoms with E-state index in [1.807, 2.05) is 6.07 Å². The summed E-state index contributed by atoms with van der Waals surface area (Å²) in [7, 11) is 0. The second-order valence-electron chi connectivity index (χ2n) is 7.50. The molecule has 0 bridgehead atoms. The van der Waals surface area contributed by atoms with Crippen LogP contribution in [0.25, 0.3) is 10.2 Å². The molecule has 0 spiro atoms. The lowest BCUT2D eigenvalue weighted by molar-refractivity contribution is 0.211.